The fourth-order valence-corrected chi connectivity index (χ4v) is 5.67. The van der Waals surface area contributed by atoms with Gasteiger partial charge in [0.2, 0.25) is 0 Å². The summed E-state index contributed by atoms with van der Waals surface area (Å²) in [6, 6.07) is 7.28. The van der Waals surface area contributed by atoms with E-state index in [9.17, 15) is 45.7 Å². The molecule has 0 spiro atoms. The Morgan fingerprint density at radius 3 is 2.05 bits per heavy atom. The van der Waals surface area contributed by atoms with Crippen molar-refractivity contribution in [3.8, 4) is 0 Å². The highest BCUT2D eigenvalue weighted by molar-refractivity contribution is 5.89. The molecule has 1 saturated carbocycles. The Labute approximate surface area is 238 Å². The van der Waals surface area contributed by atoms with Crippen LogP contribution < -0.4 is 10.6 Å². The molecule has 2 aliphatic rings. The minimum absolute atomic E-state index is 0.0336. The van der Waals surface area contributed by atoms with E-state index in [4.69, 9.17) is 0 Å². The van der Waals surface area contributed by atoms with Crippen molar-refractivity contribution in [1.29, 1.82) is 0 Å². The van der Waals surface area contributed by atoms with Crippen molar-refractivity contribution in [2.75, 3.05) is 18.4 Å². The number of rotatable bonds is 7. The van der Waals surface area contributed by atoms with Crippen molar-refractivity contribution in [3.05, 3.63) is 65.0 Å². The largest absolute Gasteiger partial charge is 0.430 e. The lowest BCUT2D eigenvalue weighted by molar-refractivity contribution is -0.376. The molecular formula is C29H34F7N3O3. The maximum absolute atomic E-state index is 14.7. The molecule has 42 heavy (non-hydrogen) atoms. The first-order valence-corrected chi connectivity index (χ1v) is 13.9. The molecular weight excluding hydrogens is 571 g/mol. The number of carbonyl (C=O) groups excluding carboxylic acids is 1. The molecule has 2 amide bonds. The lowest BCUT2D eigenvalue weighted by Gasteiger charge is -2.33. The van der Waals surface area contributed by atoms with Crippen LogP contribution in [0, 0.1) is 11.7 Å². The Kier molecular flexibility index (Phi) is 9.73. The van der Waals surface area contributed by atoms with Crippen molar-refractivity contribution >= 4 is 11.7 Å². The van der Waals surface area contributed by atoms with E-state index in [0.717, 1.165) is 43.4 Å². The zero-order valence-electron chi connectivity index (χ0n) is 22.7. The number of hydrogen-bond acceptors (Lipinski definition) is 4. The number of amides is 2. The van der Waals surface area contributed by atoms with Crippen LogP contribution in [0.2, 0.25) is 0 Å². The Morgan fingerprint density at radius 2 is 1.48 bits per heavy atom. The van der Waals surface area contributed by atoms with Crippen LogP contribution in [0.3, 0.4) is 0 Å². The predicted octanol–water partition coefficient (Wildman–Crippen LogP) is 6.02. The summed E-state index contributed by atoms with van der Waals surface area (Å²) < 4.78 is 93.4. The number of likely N-dealkylation sites (tertiary alicyclic amines) is 1. The normalized spacial score (nSPS) is 21.3. The summed E-state index contributed by atoms with van der Waals surface area (Å²) in [4.78, 5) is 14.3. The van der Waals surface area contributed by atoms with E-state index in [1.54, 1.807) is 6.07 Å². The quantitative estimate of drug-likeness (QED) is 0.291. The molecule has 1 saturated heterocycles. The molecule has 2 atom stereocenters. The van der Waals surface area contributed by atoms with Gasteiger partial charge in [0.15, 0.2) is 0 Å². The first-order chi connectivity index (χ1) is 19.7. The number of aliphatic hydroxyl groups excluding tert-OH is 1. The number of alkyl halides is 6. The second-order valence-electron chi connectivity index (χ2n) is 11.2. The van der Waals surface area contributed by atoms with Gasteiger partial charge >= 0.3 is 18.4 Å². The van der Waals surface area contributed by atoms with E-state index < -0.39 is 41.5 Å². The van der Waals surface area contributed by atoms with E-state index in [1.807, 2.05) is 4.90 Å². The Morgan fingerprint density at radius 1 is 0.881 bits per heavy atom. The number of benzene rings is 2. The summed E-state index contributed by atoms with van der Waals surface area (Å²) in [6.45, 7) is 1.59. The van der Waals surface area contributed by atoms with Gasteiger partial charge in [-0.25, -0.2) is 9.18 Å². The maximum atomic E-state index is 14.7. The van der Waals surface area contributed by atoms with Crippen LogP contribution in [-0.2, 0) is 18.6 Å². The molecule has 0 aromatic heterocycles. The van der Waals surface area contributed by atoms with E-state index in [0.29, 0.717) is 56.6 Å². The molecule has 2 aromatic rings. The molecule has 0 unspecified atom stereocenters. The van der Waals surface area contributed by atoms with E-state index >= 15 is 0 Å². The van der Waals surface area contributed by atoms with Gasteiger partial charge in [-0.1, -0.05) is 43.2 Å². The maximum Gasteiger partial charge on any atom is 0.430 e. The van der Waals surface area contributed by atoms with Gasteiger partial charge in [0.25, 0.3) is 5.60 Å². The third-order valence-corrected chi connectivity index (χ3v) is 8.16. The number of urea groups is 1. The van der Waals surface area contributed by atoms with Gasteiger partial charge in [-0.3, -0.25) is 4.90 Å². The number of aliphatic hydroxyl groups is 2. The molecule has 4 N–H and O–H groups in total. The van der Waals surface area contributed by atoms with E-state index in [1.165, 1.54) is 12.1 Å². The third kappa shape index (κ3) is 7.35. The fourth-order valence-electron chi connectivity index (χ4n) is 5.67. The van der Waals surface area contributed by atoms with Gasteiger partial charge in [0.05, 0.1) is 17.8 Å². The van der Waals surface area contributed by atoms with Crippen LogP contribution >= 0.6 is 0 Å². The number of hydrogen-bond donors (Lipinski definition) is 4. The number of halogens is 7. The number of nitrogens with zero attached hydrogens (tertiary/aromatic N) is 1. The van der Waals surface area contributed by atoms with Gasteiger partial charge < -0.3 is 20.8 Å². The van der Waals surface area contributed by atoms with Gasteiger partial charge in [-0.15, -0.1) is 0 Å². The van der Waals surface area contributed by atoms with Crippen molar-refractivity contribution in [1.82, 2.24) is 10.2 Å². The molecule has 2 fully saturated rings. The predicted molar refractivity (Wildman–Crippen MR) is 141 cm³/mol. The number of carbonyl (C=O) groups is 1. The summed E-state index contributed by atoms with van der Waals surface area (Å²) in [5.41, 5.74) is -4.93. The summed E-state index contributed by atoms with van der Waals surface area (Å²) in [7, 11) is 0. The lowest BCUT2D eigenvalue weighted by Crippen LogP contribution is -2.53. The summed E-state index contributed by atoms with van der Waals surface area (Å²) >= 11 is 0. The number of anilines is 1. The van der Waals surface area contributed by atoms with Crippen molar-refractivity contribution in [3.63, 3.8) is 0 Å². The summed E-state index contributed by atoms with van der Waals surface area (Å²) in [6.07, 6.45) is -7.28. The fraction of sp³-hybridized carbons (Fsp3) is 0.552. The highest BCUT2D eigenvalue weighted by Crippen LogP contribution is 2.50. The van der Waals surface area contributed by atoms with Gasteiger partial charge in [0.1, 0.15) is 5.82 Å². The average Bonchev–Trinajstić information content (AvgIpc) is 2.91. The molecule has 232 valence electrons. The Balaban J connectivity index is 1.26. The first-order valence-electron chi connectivity index (χ1n) is 13.9. The SMILES string of the molecule is O=C(Nc1ccc(CC2CCN(Cc3ccc(C(O)(C(F)(F)F)C(F)(F)F)cc3)CC2)cc1F)N[C@H]1CCCC[C@H]1O. The van der Waals surface area contributed by atoms with E-state index in [-0.39, 0.29) is 17.6 Å². The second-order valence-corrected chi connectivity index (χ2v) is 11.2. The standard InChI is InChI=1S/C29H34F7N3O3/c30-22-16-20(7-10-23(22)37-26(41)38-24-3-1-2-4-25(24)40)15-18-11-13-39(14-12-18)17-19-5-8-21(9-6-19)27(42,28(31,32)33)29(34,35)36/h5-10,16,18,24-25,40,42H,1-4,11-15,17H2,(H2,37,38,41)/t24-,25+/m0/s1. The van der Waals surface area contributed by atoms with Gasteiger partial charge in [-0.05, 0) is 74.4 Å². The van der Waals surface area contributed by atoms with Crippen LogP contribution in [0.1, 0.15) is 55.2 Å². The average molecular weight is 606 g/mol. The van der Waals surface area contributed by atoms with Crippen LogP contribution in [0.25, 0.3) is 0 Å². The van der Waals surface area contributed by atoms with Gasteiger partial charge in [-0.2, -0.15) is 26.3 Å². The highest BCUT2D eigenvalue weighted by Gasteiger charge is 2.71. The molecule has 0 bridgehead atoms. The molecule has 6 nitrogen and oxygen atoms in total. The van der Waals surface area contributed by atoms with E-state index in [2.05, 4.69) is 10.6 Å². The molecule has 1 aliphatic heterocycles. The molecule has 0 radical (unpaired) electrons. The van der Waals surface area contributed by atoms with Crippen molar-refractivity contribution < 1.29 is 45.7 Å². The monoisotopic (exact) mass is 605 g/mol. The first kappa shape index (κ1) is 32.0. The minimum atomic E-state index is -5.93. The van der Waals surface area contributed by atoms with Crippen molar-refractivity contribution in [2.45, 2.75) is 81.6 Å². The van der Waals surface area contributed by atoms with Crippen LogP contribution in [0.5, 0.6) is 0 Å². The zero-order chi connectivity index (χ0) is 30.7. The highest BCUT2D eigenvalue weighted by atomic mass is 19.4. The topological polar surface area (TPSA) is 84.8 Å². The third-order valence-electron chi connectivity index (χ3n) is 8.16. The smallest absolute Gasteiger partial charge is 0.391 e. The summed E-state index contributed by atoms with van der Waals surface area (Å²) in [5, 5.41) is 24.7. The minimum Gasteiger partial charge on any atom is -0.391 e. The summed E-state index contributed by atoms with van der Waals surface area (Å²) in [5.74, 6) is -0.331. The van der Waals surface area contributed by atoms with Crippen molar-refractivity contribution in [2.24, 2.45) is 5.92 Å². The lowest BCUT2D eigenvalue weighted by atomic mass is 9.89. The Hall–Kier alpha value is -2.90. The van der Waals surface area contributed by atoms with Crippen LogP contribution in [0.4, 0.5) is 41.2 Å². The molecule has 1 heterocycles. The molecule has 4 rings (SSSR count). The number of nitrogens with one attached hydrogen (secondary N) is 2. The Bertz CT molecular complexity index is 1200. The molecule has 13 heteroatoms. The molecule has 1 aliphatic carbocycles. The zero-order valence-corrected chi connectivity index (χ0v) is 22.7. The number of piperidine rings is 1. The second kappa shape index (κ2) is 12.8. The van der Waals surface area contributed by atoms with Crippen LogP contribution in [-0.4, -0.2) is 58.7 Å². The van der Waals surface area contributed by atoms with Gasteiger partial charge in [0, 0.05) is 12.1 Å². The van der Waals surface area contributed by atoms with Crippen LogP contribution in [0.15, 0.2) is 42.5 Å². The molecule has 2 aromatic carbocycles.